The number of anilines is 2. The van der Waals surface area contributed by atoms with Crippen LogP contribution in [0, 0.1) is 11.6 Å². The van der Waals surface area contributed by atoms with Gasteiger partial charge in [-0.3, -0.25) is 5.10 Å². The first-order valence-corrected chi connectivity index (χ1v) is 5.51. The number of hydrogen-bond donors (Lipinski definition) is 2. The monoisotopic (exact) mass is 261 g/mol. The smallest absolute Gasteiger partial charge is 0.147 e. The molecule has 4 nitrogen and oxygen atoms in total. The zero-order valence-electron chi connectivity index (χ0n) is 9.65. The Hall–Kier alpha value is -2.63. The Balaban J connectivity index is 1.98. The number of aromatic amines is 1. The fourth-order valence-corrected chi connectivity index (χ4v) is 1.75. The molecule has 0 radical (unpaired) electrons. The maximum absolute atomic E-state index is 14.0. The van der Waals surface area contributed by atoms with Crippen molar-refractivity contribution in [2.75, 3.05) is 5.32 Å². The van der Waals surface area contributed by atoms with Gasteiger partial charge in [0.2, 0.25) is 0 Å². The van der Waals surface area contributed by atoms with E-state index in [1.165, 1.54) is 24.9 Å². The standard InChI is InChI=1S/C13H9F2N3O/c14-11-4-13(18-9-1-2-19-7-9)12(15)3-10(11)8-5-16-17-6-8/h1-7,18H,(H,16,17). The van der Waals surface area contributed by atoms with Crippen LogP contribution >= 0.6 is 0 Å². The molecule has 1 aromatic carbocycles. The van der Waals surface area contributed by atoms with E-state index in [2.05, 4.69) is 15.5 Å². The molecule has 0 aliphatic rings. The van der Waals surface area contributed by atoms with Crippen LogP contribution in [-0.2, 0) is 0 Å². The molecule has 2 aromatic heterocycles. The summed E-state index contributed by atoms with van der Waals surface area (Å²) in [7, 11) is 0. The second kappa shape index (κ2) is 4.56. The number of aromatic nitrogens is 2. The third kappa shape index (κ3) is 2.20. The summed E-state index contributed by atoms with van der Waals surface area (Å²) in [5.41, 5.74) is 1.25. The lowest BCUT2D eigenvalue weighted by atomic mass is 10.1. The van der Waals surface area contributed by atoms with Crippen LogP contribution in [0.1, 0.15) is 0 Å². The first-order valence-electron chi connectivity index (χ1n) is 5.51. The van der Waals surface area contributed by atoms with E-state index in [1.54, 1.807) is 6.07 Å². The number of furan rings is 1. The number of benzene rings is 1. The number of nitrogens with one attached hydrogen (secondary N) is 2. The molecule has 6 heteroatoms. The summed E-state index contributed by atoms with van der Waals surface area (Å²) < 4.78 is 32.7. The van der Waals surface area contributed by atoms with Gasteiger partial charge < -0.3 is 9.73 Å². The second-order valence-electron chi connectivity index (χ2n) is 3.94. The van der Waals surface area contributed by atoms with Gasteiger partial charge in [-0.1, -0.05) is 0 Å². The minimum atomic E-state index is -0.557. The lowest BCUT2D eigenvalue weighted by Crippen LogP contribution is -1.95. The van der Waals surface area contributed by atoms with Crippen molar-refractivity contribution in [3.05, 3.63) is 54.8 Å². The largest absolute Gasteiger partial charge is 0.470 e. The fraction of sp³-hybridized carbons (Fsp3) is 0. The summed E-state index contributed by atoms with van der Waals surface area (Å²) in [5, 5.41) is 9.00. The SMILES string of the molecule is Fc1cc(-c2cn[nH]c2)c(F)cc1Nc1ccoc1. The number of H-pyrrole nitrogens is 1. The molecule has 0 amide bonds. The van der Waals surface area contributed by atoms with Gasteiger partial charge >= 0.3 is 0 Å². The molecule has 0 unspecified atom stereocenters. The number of hydrogen-bond acceptors (Lipinski definition) is 3. The fourth-order valence-electron chi connectivity index (χ4n) is 1.75. The van der Waals surface area contributed by atoms with Gasteiger partial charge in [0.05, 0.1) is 23.8 Å². The van der Waals surface area contributed by atoms with Crippen molar-refractivity contribution in [3.8, 4) is 11.1 Å². The molecule has 0 saturated carbocycles. The zero-order chi connectivity index (χ0) is 13.2. The van der Waals surface area contributed by atoms with Crippen LogP contribution in [-0.4, -0.2) is 10.2 Å². The molecule has 2 heterocycles. The van der Waals surface area contributed by atoms with E-state index >= 15 is 0 Å². The maximum atomic E-state index is 14.0. The topological polar surface area (TPSA) is 53.9 Å². The summed E-state index contributed by atoms with van der Waals surface area (Å²) in [6, 6.07) is 3.84. The number of nitrogens with zero attached hydrogens (tertiary/aromatic N) is 1. The van der Waals surface area contributed by atoms with Gasteiger partial charge in [0, 0.05) is 23.4 Å². The second-order valence-corrected chi connectivity index (χ2v) is 3.94. The summed E-state index contributed by atoms with van der Waals surface area (Å²) in [5.74, 6) is -1.09. The Morgan fingerprint density at radius 1 is 1.21 bits per heavy atom. The summed E-state index contributed by atoms with van der Waals surface area (Å²) in [4.78, 5) is 0. The Morgan fingerprint density at radius 3 is 2.79 bits per heavy atom. The van der Waals surface area contributed by atoms with Crippen molar-refractivity contribution in [1.82, 2.24) is 10.2 Å². The van der Waals surface area contributed by atoms with Crippen LogP contribution < -0.4 is 5.32 Å². The van der Waals surface area contributed by atoms with Crippen LogP contribution in [0.4, 0.5) is 20.2 Å². The van der Waals surface area contributed by atoms with Gasteiger partial charge in [0.1, 0.15) is 17.9 Å². The highest BCUT2D eigenvalue weighted by Gasteiger charge is 2.12. The molecule has 0 bridgehead atoms. The van der Waals surface area contributed by atoms with E-state index in [4.69, 9.17) is 4.42 Å². The Bertz CT molecular complexity index is 678. The molecule has 0 saturated heterocycles. The van der Waals surface area contributed by atoms with E-state index in [0.717, 1.165) is 12.1 Å². The van der Waals surface area contributed by atoms with Crippen LogP contribution in [0.15, 0.2) is 47.5 Å². The van der Waals surface area contributed by atoms with Crippen molar-refractivity contribution < 1.29 is 13.2 Å². The molecule has 96 valence electrons. The van der Waals surface area contributed by atoms with E-state index in [0.29, 0.717) is 11.3 Å². The van der Waals surface area contributed by atoms with Crippen molar-refractivity contribution >= 4 is 11.4 Å². The Morgan fingerprint density at radius 2 is 2.11 bits per heavy atom. The molecule has 0 aliphatic carbocycles. The minimum absolute atomic E-state index is 0.0474. The average molecular weight is 261 g/mol. The highest BCUT2D eigenvalue weighted by atomic mass is 19.1. The predicted molar refractivity (Wildman–Crippen MR) is 65.9 cm³/mol. The van der Waals surface area contributed by atoms with Gasteiger partial charge in [0.15, 0.2) is 0 Å². The van der Waals surface area contributed by atoms with E-state index < -0.39 is 11.6 Å². The lowest BCUT2D eigenvalue weighted by Gasteiger charge is -2.08. The Labute approximate surface area is 107 Å². The molecule has 19 heavy (non-hydrogen) atoms. The van der Waals surface area contributed by atoms with E-state index in [-0.39, 0.29) is 11.3 Å². The molecular formula is C13H9F2N3O. The van der Waals surface area contributed by atoms with Crippen LogP contribution in [0.2, 0.25) is 0 Å². The van der Waals surface area contributed by atoms with Crippen molar-refractivity contribution in [1.29, 1.82) is 0 Å². The quantitative estimate of drug-likeness (QED) is 0.756. The third-order valence-corrected chi connectivity index (χ3v) is 2.67. The van der Waals surface area contributed by atoms with Crippen molar-refractivity contribution in [2.45, 2.75) is 0 Å². The van der Waals surface area contributed by atoms with Crippen molar-refractivity contribution in [2.24, 2.45) is 0 Å². The van der Waals surface area contributed by atoms with Crippen LogP contribution in [0.5, 0.6) is 0 Å². The molecule has 0 fully saturated rings. The van der Waals surface area contributed by atoms with Gasteiger partial charge in [-0.25, -0.2) is 8.78 Å². The molecule has 0 spiro atoms. The molecule has 0 atom stereocenters. The first kappa shape index (κ1) is 11.5. The van der Waals surface area contributed by atoms with E-state index in [1.807, 2.05) is 0 Å². The summed E-state index contributed by atoms with van der Waals surface area (Å²) in [6.45, 7) is 0. The van der Waals surface area contributed by atoms with Gasteiger partial charge in [-0.15, -0.1) is 0 Å². The molecule has 3 aromatic rings. The van der Waals surface area contributed by atoms with E-state index in [9.17, 15) is 8.78 Å². The highest BCUT2D eigenvalue weighted by Crippen LogP contribution is 2.28. The average Bonchev–Trinajstić information content (AvgIpc) is 3.06. The van der Waals surface area contributed by atoms with Crippen LogP contribution in [0.25, 0.3) is 11.1 Å². The van der Waals surface area contributed by atoms with Crippen LogP contribution in [0.3, 0.4) is 0 Å². The zero-order valence-corrected chi connectivity index (χ0v) is 9.65. The van der Waals surface area contributed by atoms with Gasteiger partial charge in [-0.05, 0) is 12.1 Å². The first-order chi connectivity index (χ1) is 9.24. The van der Waals surface area contributed by atoms with Gasteiger partial charge in [-0.2, -0.15) is 5.10 Å². The van der Waals surface area contributed by atoms with Crippen molar-refractivity contribution in [3.63, 3.8) is 0 Å². The molecule has 3 rings (SSSR count). The Kier molecular flexibility index (Phi) is 2.75. The lowest BCUT2D eigenvalue weighted by molar-refractivity contribution is 0.568. The molecule has 0 aliphatic heterocycles. The highest BCUT2D eigenvalue weighted by molar-refractivity contribution is 5.68. The summed E-state index contributed by atoms with van der Waals surface area (Å²) in [6.07, 6.45) is 5.78. The number of halogens is 2. The minimum Gasteiger partial charge on any atom is -0.470 e. The number of rotatable bonds is 3. The van der Waals surface area contributed by atoms with Gasteiger partial charge in [0.25, 0.3) is 0 Å². The molecular weight excluding hydrogens is 252 g/mol. The predicted octanol–water partition coefficient (Wildman–Crippen LogP) is 3.69. The normalized spacial score (nSPS) is 10.6. The maximum Gasteiger partial charge on any atom is 0.147 e. The summed E-state index contributed by atoms with van der Waals surface area (Å²) >= 11 is 0. The third-order valence-electron chi connectivity index (χ3n) is 2.67. The molecule has 2 N–H and O–H groups in total.